The Morgan fingerprint density at radius 2 is 1.78 bits per heavy atom. The molecule has 0 aliphatic heterocycles. The van der Waals surface area contributed by atoms with Crippen LogP contribution in [0.1, 0.15) is 21.5 Å². The Kier molecular flexibility index (Phi) is 6.46. The van der Waals surface area contributed by atoms with Crippen LogP contribution in [-0.4, -0.2) is 24.5 Å². The van der Waals surface area contributed by atoms with Crippen LogP contribution in [0.25, 0.3) is 0 Å². The maximum atomic E-state index is 13.2. The smallest absolute Gasteiger partial charge is 0.340 e. The Morgan fingerprint density at radius 1 is 1.11 bits per heavy atom. The summed E-state index contributed by atoms with van der Waals surface area (Å²) in [5.41, 5.74) is 1.87. The van der Waals surface area contributed by atoms with E-state index in [-0.39, 0.29) is 5.02 Å². The van der Waals surface area contributed by atoms with Crippen LogP contribution in [0, 0.1) is 25.5 Å². The van der Waals surface area contributed by atoms with Gasteiger partial charge < -0.3 is 10.1 Å². The van der Waals surface area contributed by atoms with Crippen molar-refractivity contribution in [2.45, 2.75) is 13.8 Å². The summed E-state index contributed by atoms with van der Waals surface area (Å²) in [4.78, 5) is 35.4. The van der Waals surface area contributed by atoms with Crippen LogP contribution < -0.4 is 10.6 Å². The minimum Gasteiger partial charge on any atom is -0.452 e. The molecule has 0 spiro atoms. The molecule has 2 aromatic carbocycles. The first-order valence-corrected chi connectivity index (χ1v) is 8.05. The number of imide groups is 1. The average molecular weight is 397 g/mol. The lowest BCUT2D eigenvalue weighted by Crippen LogP contribution is -2.37. The molecular formula is C18H15ClF2N2O4. The molecule has 3 amide bonds. The highest BCUT2D eigenvalue weighted by molar-refractivity contribution is 6.33. The Bertz CT molecular complexity index is 918. The van der Waals surface area contributed by atoms with E-state index in [2.05, 4.69) is 10.1 Å². The molecule has 27 heavy (non-hydrogen) atoms. The summed E-state index contributed by atoms with van der Waals surface area (Å²) in [6, 6.07) is 5.64. The number of rotatable bonds is 4. The van der Waals surface area contributed by atoms with E-state index in [4.69, 9.17) is 11.6 Å². The zero-order chi connectivity index (χ0) is 20.1. The summed E-state index contributed by atoms with van der Waals surface area (Å²) < 4.78 is 30.8. The van der Waals surface area contributed by atoms with Crippen molar-refractivity contribution in [3.63, 3.8) is 0 Å². The molecule has 0 atom stereocenters. The van der Waals surface area contributed by atoms with Crippen molar-refractivity contribution in [2.75, 3.05) is 11.9 Å². The maximum Gasteiger partial charge on any atom is 0.340 e. The first-order chi connectivity index (χ1) is 12.7. The van der Waals surface area contributed by atoms with Crippen LogP contribution >= 0.6 is 11.6 Å². The lowest BCUT2D eigenvalue weighted by Gasteiger charge is -2.11. The number of carbonyl (C=O) groups excluding carboxylic acids is 3. The first-order valence-electron chi connectivity index (χ1n) is 7.67. The molecule has 0 aliphatic carbocycles. The van der Waals surface area contributed by atoms with Gasteiger partial charge in [-0.25, -0.2) is 18.4 Å². The number of ether oxygens (including phenoxy) is 1. The van der Waals surface area contributed by atoms with E-state index in [1.807, 2.05) is 18.3 Å². The Hall–Kier alpha value is -3.00. The van der Waals surface area contributed by atoms with Crippen molar-refractivity contribution in [3.8, 4) is 0 Å². The number of aryl methyl sites for hydroxylation is 1. The minimum atomic E-state index is -1.29. The molecule has 9 heteroatoms. The highest BCUT2D eigenvalue weighted by Crippen LogP contribution is 2.21. The predicted octanol–water partition coefficient (Wildman–Crippen LogP) is 3.74. The fourth-order valence-electron chi connectivity index (χ4n) is 2.09. The zero-order valence-electron chi connectivity index (χ0n) is 14.4. The summed E-state index contributed by atoms with van der Waals surface area (Å²) in [5.74, 6) is -4.56. The molecule has 2 N–H and O–H groups in total. The Morgan fingerprint density at radius 3 is 2.48 bits per heavy atom. The lowest BCUT2D eigenvalue weighted by molar-refractivity contribution is -0.123. The van der Waals surface area contributed by atoms with Gasteiger partial charge in [-0.3, -0.25) is 10.1 Å². The number of nitrogens with one attached hydrogen (secondary N) is 2. The largest absolute Gasteiger partial charge is 0.452 e. The van der Waals surface area contributed by atoms with Crippen LogP contribution in [0.15, 0.2) is 30.3 Å². The number of anilines is 1. The standard InChI is InChI=1S/C18H15ClF2N2O4/c1-9-4-3-5-15(10(9)2)22-18(26)23-16(24)8-27-17(25)11-6-13(20)14(21)7-12(11)19/h3-7H,8H2,1-2H3,(H2,22,23,24,26). The second-order valence-electron chi connectivity index (χ2n) is 5.57. The Balaban J connectivity index is 1.90. The summed E-state index contributed by atoms with van der Waals surface area (Å²) >= 11 is 5.64. The van der Waals surface area contributed by atoms with Gasteiger partial charge in [-0.2, -0.15) is 0 Å². The fraction of sp³-hybridized carbons (Fsp3) is 0.167. The van der Waals surface area contributed by atoms with Gasteiger partial charge in [-0.05, 0) is 43.2 Å². The third-order valence-corrected chi connectivity index (χ3v) is 3.98. The second kappa shape index (κ2) is 8.59. The molecular weight excluding hydrogens is 382 g/mol. The summed E-state index contributed by atoms with van der Waals surface area (Å²) in [6.07, 6.45) is 0. The van der Waals surface area contributed by atoms with E-state index < -0.39 is 41.7 Å². The SMILES string of the molecule is Cc1cccc(NC(=O)NC(=O)COC(=O)c2cc(F)c(F)cc2Cl)c1C. The highest BCUT2D eigenvalue weighted by atomic mass is 35.5. The third kappa shape index (κ3) is 5.24. The molecule has 0 fully saturated rings. The van der Waals surface area contributed by atoms with Gasteiger partial charge in [-0.15, -0.1) is 0 Å². The van der Waals surface area contributed by atoms with Gasteiger partial charge in [0.2, 0.25) is 0 Å². The van der Waals surface area contributed by atoms with E-state index in [1.54, 1.807) is 19.1 Å². The summed E-state index contributed by atoms with van der Waals surface area (Å²) in [5, 5.41) is 4.12. The van der Waals surface area contributed by atoms with Gasteiger partial charge in [-0.1, -0.05) is 23.7 Å². The average Bonchev–Trinajstić information content (AvgIpc) is 2.60. The molecule has 0 heterocycles. The monoisotopic (exact) mass is 396 g/mol. The molecule has 0 saturated heterocycles. The number of carbonyl (C=O) groups is 3. The summed E-state index contributed by atoms with van der Waals surface area (Å²) in [6.45, 7) is 2.86. The van der Waals surface area contributed by atoms with Crippen LogP contribution in [-0.2, 0) is 9.53 Å². The van der Waals surface area contributed by atoms with Gasteiger partial charge in [0.15, 0.2) is 18.2 Å². The molecule has 0 aliphatic rings. The van der Waals surface area contributed by atoms with Crippen LogP contribution in [0.2, 0.25) is 5.02 Å². The second-order valence-corrected chi connectivity index (χ2v) is 5.98. The van der Waals surface area contributed by atoms with Gasteiger partial charge >= 0.3 is 12.0 Å². The van der Waals surface area contributed by atoms with Crippen molar-refractivity contribution in [1.82, 2.24) is 5.32 Å². The van der Waals surface area contributed by atoms with E-state index >= 15 is 0 Å². The van der Waals surface area contributed by atoms with Gasteiger partial charge in [0.25, 0.3) is 5.91 Å². The van der Waals surface area contributed by atoms with Gasteiger partial charge in [0.1, 0.15) is 0 Å². The zero-order valence-corrected chi connectivity index (χ0v) is 15.1. The number of halogens is 3. The molecule has 2 aromatic rings. The van der Waals surface area contributed by atoms with Crippen molar-refractivity contribution in [3.05, 3.63) is 63.7 Å². The van der Waals surface area contributed by atoms with E-state index in [9.17, 15) is 23.2 Å². The number of hydrogen-bond donors (Lipinski definition) is 2. The molecule has 0 bridgehead atoms. The van der Waals surface area contributed by atoms with Crippen LogP contribution in [0.5, 0.6) is 0 Å². The third-order valence-electron chi connectivity index (χ3n) is 3.67. The first kappa shape index (κ1) is 20.3. The number of hydrogen-bond acceptors (Lipinski definition) is 4. The molecule has 0 radical (unpaired) electrons. The molecule has 0 unspecified atom stereocenters. The lowest BCUT2D eigenvalue weighted by atomic mass is 10.1. The molecule has 0 aromatic heterocycles. The number of amides is 3. The molecule has 2 rings (SSSR count). The molecule has 6 nitrogen and oxygen atoms in total. The summed E-state index contributed by atoms with van der Waals surface area (Å²) in [7, 11) is 0. The van der Waals surface area contributed by atoms with E-state index in [0.29, 0.717) is 17.8 Å². The minimum absolute atomic E-state index is 0.369. The van der Waals surface area contributed by atoms with Gasteiger partial charge in [0, 0.05) is 5.69 Å². The molecule has 142 valence electrons. The maximum absolute atomic E-state index is 13.2. The van der Waals surface area contributed by atoms with E-state index in [1.165, 1.54) is 0 Å². The van der Waals surface area contributed by atoms with Crippen molar-refractivity contribution < 1.29 is 27.9 Å². The number of benzene rings is 2. The predicted molar refractivity (Wildman–Crippen MR) is 94.7 cm³/mol. The number of urea groups is 1. The highest BCUT2D eigenvalue weighted by Gasteiger charge is 2.18. The van der Waals surface area contributed by atoms with Gasteiger partial charge in [0.05, 0.1) is 10.6 Å². The normalized spacial score (nSPS) is 10.3. The van der Waals surface area contributed by atoms with Crippen molar-refractivity contribution in [2.24, 2.45) is 0 Å². The molecule has 0 saturated carbocycles. The number of esters is 1. The van der Waals surface area contributed by atoms with Crippen LogP contribution in [0.3, 0.4) is 0 Å². The Labute approximate surface area is 158 Å². The quantitative estimate of drug-likeness (QED) is 0.609. The fourth-order valence-corrected chi connectivity index (χ4v) is 2.32. The van der Waals surface area contributed by atoms with Crippen molar-refractivity contribution in [1.29, 1.82) is 0 Å². The topological polar surface area (TPSA) is 84.5 Å². The van der Waals surface area contributed by atoms with Crippen molar-refractivity contribution >= 4 is 35.2 Å². The van der Waals surface area contributed by atoms with Crippen LogP contribution in [0.4, 0.5) is 19.3 Å². The van der Waals surface area contributed by atoms with E-state index in [0.717, 1.165) is 11.1 Å².